The highest BCUT2D eigenvalue weighted by Gasteiger charge is 2.20. The molecule has 1 aromatic rings. The molecule has 2 heterocycles. The standard InChI is InChI=1S/C13H20N2O3/c1-9(2)12-11(15-8-18-12)13(16)14-5-3-10-4-6-17-7-10/h8-10H,3-7H2,1-2H3,(H,14,16)/t10-/m0/s1. The van der Waals surface area contributed by atoms with E-state index in [1.165, 1.54) is 6.39 Å². The SMILES string of the molecule is CC(C)c1ocnc1C(=O)NCC[C@H]1CCOC1. The van der Waals surface area contributed by atoms with Crippen LogP contribution in [-0.4, -0.2) is 30.6 Å². The molecule has 0 radical (unpaired) electrons. The predicted molar refractivity (Wildman–Crippen MR) is 66.5 cm³/mol. The van der Waals surface area contributed by atoms with Crippen molar-refractivity contribution in [1.29, 1.82) is 0 Å². The van der Waals surface area contributed by atoms with Crippen LogP contribution >= 0.6 is 0 Å². The quantitative estimate of drug-likeness (QED) is 0.870. The number of nitrogens with one attached hydrogen (secondary N) is 1. The Morgan fingerprint density at radius 2 is 2.44 bits per heavy atom. The van der Waals surface area contributed by atoms with Crippen molar-refractivity contribution in [3.8, 4) is 0 Å². The minimum Gasteiger partial charge on any atom is -0.447 e. The summed E-state index contributed by atoms with van der Waals surface area (Å²) in [7, 11) is 0. The van der Waals surface area contributed by atoms with E-state index in [0.29, 0.717) is 23.9 Å². The van der Waals surface area contributed by atoms with Gasteiger partial charge in [-0.2, -0.15) is 0 Å². The first-order valence-electron chi connectivity index (χ1n) is 6.47. The van der Waals surface area contributed by atoms with Crippen LogP contribution in [0.15, 0.2) is 10.8 Å². The highest BCUT2D eigenvalue weighted by atomic mass is 16.5. The van der Waals surface area contributed by atoms with E-state index in [-0.39, 0.29) is 11.8 Å². The van der Waals surface area contributed by atoms with E-state index in [1.54, 1.807) is 0 Å². The van der Waals surface area contributed by atoms with Gasteiger partial charge in [0.25, 0.3) is 5.91 Å². The van der Waals surface area contributed by atoms with Gasteiger partial charge in [0, 0.05) is 25.7 Å². The minimum absolute atomic E-state index is 0.147. The smallest absolute Gasteiger partial charge is 0.273 e. The largest absolute Gasteiger partial charge is 0.447 e. The van der Waals surface area contributed by atoms with E-state index < -0.39 is 0 Å². The van der Waals surface area contributed by atoms with Crippen molar-refractivity contribution < 1.29 is 13.9 Å². The maximum atomic E-state index is 11.9. The first-order valence-corrected chi connectivity index (χ1v) is 6.47. The van der Waals surface area contributed by atoms with Gasteiger partial charge >= 0.3 is 0 Å². The first-order chi connectivity index (χ1) is 8.68. The number of ether oxygens (including phenoxy) is 1. The van der Waals surface area contributed by atoms with E-state index in [4.69, 9.17) is 9.15 Å². The van der Waals surface area contributed by atoms with Gasteiger partial charge in [0.1, 0.15) is 5.76 Å². The van der Waals surface area contributed by atoms with Gasteiger partial charge in [-0.1, -0.05) is 13.8 Å². The number of nitrogens with zero attached hydrogens (tertiary/aromatic N) is 1. The molecule has 1 fully saturated rings. The van der Waals surface area contributed by atoms with Crippen molar-refractivity contribution in [2.24, 2.45) is 5.92 Å². The molecule has 0 spiro atoms. The van der Waals surface area contributed by atoms with Crippen LogP contribution in [0.4, 0.5) is 0 Å². The molecule has 1 aliphatic heterocycles. The third kappa shape index (κ3) is 3.10. The summed E-state index contributed by atoms with van der Waals surface area (Å²) >= 11 is 0. The van der Waals surface area contributed by atoms with Gasteiger partial charge in [0.2, 0.25) is 0 Å². The topological polar surface area (TPSA) is 64.4 Å². The molecule has 0 aliphatic carbocycles. The molecule has 1 amide bonds. The molecule has 1 aliphatic rings. The van der Waals surface area contributed by atoms with Crippen LogP contribution in [0, 0.1) is 5.92 Å². The molecular weight excluding hydrogens is 232 g/mol. The van der Waals surface area contributed by atoms with Crippen LogP contribution in [0.1, 0.15) is 48.9 Å². The van der Waals surface area contributed by atoms with Crippen LogP contribution in [0.25, 0.3) is 0 Å². The number of rotatable bonds is 5. The van der Waals surface area contributed by atoms with Crippen molar-refractivity contribution in [2.75, 3.05) is 19.8 Å². The Bertz CT molecular complexity index is 395. The summed E-state index contributed by atoms with van der Waals surface area (Å²) in [4.78, 5) is 15.9. The van der Waals surface area contributed by atoms with Crippen LogP contribution in [0.2, 0.25) is 0 Å². The molecule has 0 bridgehead atoms. The van der Waals surface area contributed by atoms with Crippen LogP contribution in [0.5, 0.6) is 0 Å². The van der Waals surface area contributed by atoms with Gasteiger partial charge in [-0.25, -0.2) is 4.98 Å². The molecule has 0 unspecified atom stereocenters. The summed E-state index contributed by atoms with van der Waals surface area (Å²) in [6, 6.07) is 0. The first kappa shape index (κ1) is 13.1. The number of hydrogen-bond acceptors (Lipinski definition) is 4. The Labute approximate surface area is 107 Å². The Morgan fingerprint density at radius 3 is 3.11 bits per heavy atom. The van der Waals surface area contributed by atoms with E-state index in [9.17, 15) is 4.79 Å². The molecule has 0 saturated carbocycles. The summed E-state index contributed by atoms with van der Waals surface area (Å²) < 4.78 is 10.5. The number of hydrogen-bond donors (Lipinski definition) is 1. The second-order valence-electron chi connectivity index (χ2n) is 4.99. The van der Waals surface area contributed by atoms with Crippen molar-refractivity contribution in [2.45, 2.75) is 32.6 Å². The number of amides is 1. The average Bonchev–Trinajstić information content (AvgIpc) is 2.99. The third-order valence-electron chi connectivity index (χ3n) is 3.20. The van der Waals surface area contributed by atoms with Crippen LogP contribution < -0.4 is 5.32 Å². The fourth-order valence-corrected chi connectivity index (χ4v) is 2.12. The van der Waals surface area contributed by atoms with Gasteiger partial charge in [0.15, 0.2) is 12.1 Å². The van der Waals surface area contributed by atoms with Gasteiger partial charge in [-0.05, 0) is 18.8 Å². The van der Waals surface area contributed by atoms with Gasteiger partial charge in [-0.15, -0.1) is 0 Å². The molecule has 1 saturated heterocycles. The summed E-state index contributed by atoms with van der Waals surface area (Å²) in [5.41, 5.74) is 0.410. The Kier molecular flexibility index (Phi) is 4.36. The average molecular weight is 252 g/mol. The fourth-order valence-electron chi connectivity index (χ4n) is 2.12. The molecule has 5 heteroatoms. The predicted octanol–water partition coefficient (Wildman–Crippen LogP) is 1.95. The Balaban J connectivity index is 1.81. The second-order valence-corrected chi connectivity index (χ2v) is 4.99. The maximum absolute atomic E-state index is 11.9. The van der Waals surface area contributed by atoms with Gasteiger partial charge < -0.3 is 14.5 Å². The minimum atomic E-state index is -0.147. The molecule has 18 heavy (non-hydrogen) atoms. The fraction of sp³-hybridized carbons (Fsp3) is 0.692. The number of aromatic nitrogens is 1. The summed E-state index contributed by atoms with van der Waals surface area (Å²) in [5.74, 6) is 1.24. The van der Waals surface area contributed by atoms with E-state index in [0.717, 1.165) is 26.1 Å². The molecular formula is C13H20N2O3. The van der Waals surface area contributed by atoms with Crippen LogP contribution in [0.3, 0.4) is 0 Å². The zero-order chi connectivity index (χ0) is 13.0. The molecule has 0 aromatic carbocycles. The van der Waals surface area contributed by atoms with Gasteiger partial charge in [-0.3, -0.25) is 4.79 Å². The monoisotopic (exact) mass is 252 g/mol. The number of carbonyl (C=O) groups is 1. The molecule has 1 atom stereocenters. The lowest BCUT2D eigenvalue weighted by Crippen LogP contribution is -2.27. The second kappa shape index (κ2) is 6.00. The lowest BCUT2D eigenvalue weighted by atomic mass is 10.1. The maximum Gasteiger partial charge on any atom is 0.273 e. The van der Waals surface area contributed by atoms with Crippen molar-refractivity contribution in [1.82, 2.24) is 10.3 Å². The van der Waals surface area contributed by atoms with Crippen molar-refractivity contribution in [3.05, 3.63) is 17.8 Å². The summed E-state index contributed by atoms with van der Waals surface area (Å²) in [6.45, 7) is 6.29. The van der Waals surface area contributed by atoms with E-state index in [2.05, 4.69) is 10.3 Å². The lowest BCUT2D eigenvalue weighted by Gasteiger charge is -2.08. The zero-order valence-electron chi connectivity index (χ0n) is 10.9. The molecule has 5 nitrogen and oxygen atoms in total. The third-order valence-corrected chi connectivity index (χ3v) is 3.20. The highest BCUT2D eigenvalue weighted by molar-refractivity contribution is 5.93. The highest BCUT2D eigenvalue weighted by Crippen LogP contribution is 2.18. The number of oxazole rings is 1. The molecule has 1 N–H and O–H groups in total. The van der Waals surface area contributed by atoms with E-state index in [1.807, 2.05) is 13.8 Å². The normalized spacial score (nSPS) is 19.4. The Morgan fingerprint density at radius 1 is 1.61 bits per heavy atom. The van der Waals surface area contributed by atoms with E-state index >= 15 is 0 Å². The van der Waals surface area contributed by atoms with Gasteiger partial charge in [0.05, 0.1) is 0 Å². The van der Waals surface area contributed by atoms with Crippen molar-refractivity contribution >= 4 is 5.91 Å². The lowest BCUT2D eigenvalue weighted by molar-refractivity contribution is 0.0943. The summed E-state index contributed by atoms with van der Waals surface area (Å²) in [6.07, 6.45) is 3.38. The summed E-state index contributed by atoms with van der Waals surface area (Å²) in [5, 5.41) is 2.89. The molecule has 100 valence electrons. The zero-order valence-corrected chi connectivity index (χ0v) is 10.9. The number of carbonyl (C=O) groups excluding carboxylic acids is 1. The molecule has 2 rings (SSSR count). The Hall–Kier alpha value is -1.36. The van der Waals surface area contributed by atoms with Crippen LogP contribution in [-0.2, 0) is 4.74 Å². The molecule has 1 aromatic heterocycles. The van der Waals surface area contributed by atoms with Crippen molar-refractivity contribution in [3.63, 3.8) is 0 Å².